The molecule has 0 aromatic heterocycles. The molecule has 0 atom stereocenters. The summed E-state index contributed by atoms with van der Waals surface area (Å²) in [4.78, 5) is 4.49. The highest BCUT2D eigenvalue weighted by atomic mass is 127. The van der Waals surface area contributed by atoms with Crippen LogP contribution in [0.15, 0.2) is 59.6 Å². The predicted octanol–water partition coefficient (Wildman–Crippen LogP) is 4.26. The molecule has 168 valence electrons. The van der Waals surface area contributed by atoms with Crippen molar-refractivity contribution >= 4 is 29.9 Å². The standard InChI is InChI=1S/C25H33N3O2.HI/c1-26-23(27-18-24(12-13-24)20-6-4-3-5-7-20)28-19-25(14-16-30-17-15-25)21-8-10-22(29-2)11-9-21;/h3-11H,12-19H2,1-2H3,(H2,26,27,28);1H. The van der Waals surface area contributed by atoms with Crippen LogP contribution < -0.4 is 15.4 Å². The highest BCUT2D eigenvalue weighted by molar-refractivity contribution is 14.0. The molecule has 0 spiro atoms. The second kappa shape index (κ2) is 10.7. The fraction of sp³-hybridized carbons (Fsp3) is 0.480. The first-order valence-corrected chi connectivity index (χ1v) is 10.9. The van der Waals surface area contributed by atoms with Crippen LogP contribution in [-0.2, 0) is 15.6 Å². The van der Waals surface area contributed by atoms with Gasteiger partial charge in [0.15, 0.2) is 5.96 Å². The largest absolute Gasteiger partial charge is 0.497 e. The van der Waals surface area contributed by atoms with E-state index in [4.69, 9.17) is 9.47 Å². The lowest BCUT2D eigenvalue weighted by Gasteiger charge is -2.38. The van der Waals surface area contributed by atoms with E-state index in [1.165, 1.54) is 24.0 Å². The van der Waals surface area contributed by atoms with E-state index < -0.39 is 0 Å². The molecule has 6 heteroatoms. The van der Waals surface area contributed by atoms with Gasteiger partial charge in [0, 0.05) is 44.2 Å². The number of hydrogen-bond acceptors (Lipinski definition) is 3. The summed E-state index contributed by atoms with van der Waals surface area (Å²) < 4.78 is 11.0. The van der Waals surface area contributed by atoms with Gasteiger partial charge in [0.25, 0.3) is 0 Å². The average Bonchev–Trinajstić information content (AvgIpc) is 3.62. The number of hydrogen-bond donors (Lipinski definition) is 2. The van der Waals surface area contributed by atoms with E-state index in [1.807, 2.05) is 7.05 Å². The number of rotatable bonds is 7. The van der Waals surface area contributed by atoms with Gasteiger partial charge in [-0.15, -0.1) is 24.0 Å². The Labute approximate surface area is 203 Å². The van der Waals surface area contributed by atoms with Crippen molar-refractivity contribution in [2.45, 2.75) is 36.5 Å². The number of nitrogens with zero attached hydrogens (tertiary/aromatic N) is 1. The molecule has 1 saturated carbocycles. The smallest absolute Gasteiger partial charge is 0.191 e. The lowest BCUT2D eigenvalue weighted by molar-refractivity contribution is 0.0513. The summed E-state index contributed by atoms with van der Waals surface area (Å²) >= 11 is 0. The topological polar surface area (TPSA) is 54.9 Å². The normalized spacial score (nSPS) is 19.1. The Morgan fingerprint density at radius 1 is 0.871 bits per heavy atom. The zero-order valence-electron chi connectivity index (χ0n) is 18.5. The van der Waals surface area contributed by atoms with Crippen molar-refractivity contribution in [3.8, 4) is 5.75 Å². The SMILES string of the molecule is CN=C(NCC1(c2ccc(OC)cc2)CCOCC1)NCC1(c2ccccc2)CC1.I. The van der Waals surface area contributed by atoms with Crippen LogP contribution in [0.5, 0.6) is 5.75 Å². The van der Waals surface area contributed by atoms with Crippen LogP contribution in [0.3, 0.4) is 0 Å². The van der Waals surface area contributed by atoms with Gasteiger partial charge in [-0.3, -0.25) is 4.99 Å². The fourth-order valence-electron chi connectivity index (χ4n) is 4.51. The van der Waals surface area contributed by atoms with Crippen LogP contribution in [0.4, 0.5) is 0 Å². The van der Waals surface area contributed by atoms with Crippen molar-refractivity contribution in [3.05, 3.63) is 65.7 Å². The third-order valence-corrected chi connectivity index (χ3v) is 6.80. The number of nitrogens with one attached hydrogen (secondary N) is 2. The van der Waals surface area contributed by atoms with E-state index in [0.29, 0.717) is 0 Å². The van der Waals surface area contributed by atoms with Gasteiger partial charge in [-0.1, -0.05) is 42.5 Å². The number of ether oxygens (including phenoxy) is 2. The molecule has 1 heterocycles. The minimum Gasteiger partial charge on any atom is -0.497 e. The van der Waals surface area contributed by atoms with Gasteiger partial charge in [-0.05, 0) is 48.9 Å². The van der Waals surface area contributed by atoms with E-state index in [1.54, 1.807) is 7.11 Å². The maximum atomic E-state index is 5.68. The first-order valence-electron chi connectivity index (χ1n) is 10.9. The average molecular weight is 535 g/mol. The Morgan fingerprint density at radius 2 is 1.42 bits per heavy atom. The lowest BCUT2D eigenvalue weighted by atomic mass is 9.74. The molecule has 0 unspecified atom stereocenters. The summed E-state index contributed by atoms with van der Waals surface area (Å²) in [7, 11) is 3.56. The van der Waals surface area contributed by atoms with Crippen LogP contribution in [-0.4, -0.2) is 46.4 Å². The third kappa shape index (κ3) is 5.52. The molecule has 1 saturated heterocycles. The molecule has 2 fully saturated rings. The predicted molar refractivity (Wildman–Crippen MR) is 137 cm³/mol. The first kappa shape index (κ1) is 23.9. The number of halogens is 1. The monoisotopic (exact) mass is 535 g/mol. The molecule has 2 N–H and O–H groups in total. The molecular formula is C25H34IN3O2. The molecule has 4 rings (SSSR count). The highest BCUT2D eigenvalue weighted by Crippen LogP contribution is 2.47. The Morgan fingerprint density at radius 3 is 1.94 bits per heavy atom. The lowest BCUT2D eigenvalue weighted by Crippen LogP contribution is -2.49. The summed E-state index contributed by atoms with van der Waals surface area (Å²) in [6.45, 7) is 3.32. The molecule has 5 nitrogen and oxygen atoms in total. The molecule has 1 aliphatic heterocycles. The van der Waals surface area contributed by atoms with E-state index in [2.05, 4.69) is 70.2 Å². The molecular weight excluding hydrogens is 501 g/mol. The van der Waals surface area contributed by atoms with Gasteiger partial charge in [0.05, 0.1) is 7.11 Å². The Bertz CT molecular complexity index is 845. The highest BCUT2D eigenvalue weighted by Gasteiger charge is 2.44. The minimum absolute atomic E-state index is 0. The number of benzene rings is 2. The fourth-order valence-corrected chi connectivity index (χ4v) is 4.51. The van der Waals surface area contributed by atoms with E-state index in [0.717, 1.165) is 50.9 Å². The Balaban J connectivity index is 0.00000272. The second-order valence-corrected chi connectivity index (χ2v) is 8.55. The molecule has 2 aliphatic rings. The molecule has 2 aromatic rings. The van der Waals surface area contributed by atoms with E-state index in [9.17, 15) is 0 Å². The minimum atomic E-state index is 0. The van der Waals surface area contributed by atoms with Crippen LogP contribution in [0.1, 0.15) is 36.8 Å². The summed E-state index contributed by atoms with van der Waals surface area (Å²) in [5.74, 6) is 1.76. The van der Waals surface area contributed by atoms with E-state index >= 15 is 0 Å². The number of methoxy groups -OCH3 is 1. The summed E-state index contributed by atoms with van der Waals surface area (Å²) in [6, 6.07) is 19.3. The van der Waals surface area contributed by atoms with Crippen molar-refractivity contribution in [3.63, 3.8) is 0 Å². The summed E-state index contributed by atoms with van der Waals surface area (Å²) in [6.07, 6.45) is 4.46. The second-order valence-electron chi connectivity index (χ2n) is 8.55. The zero-order chi connectivity index (χ0) is 20.9. The van der Waals surface area contributed by atoms with Crippen LogP contribution in [0.25, 0.3) is 0 Å². The van der Waals surface area contributed by atoms with Gasteiger partial charge in [-0.2, -0.15) is 0 Å². The first-order chi connectivity index (χ1) is 14.7. The van der Waals surface area contributed by atoms with Crippen molar-refractivity contribution in [2.24, 2.45) is 4.99 Å². The maximum absolute atomic E-state index is 5.68. The quantitative estimate of drug-likeness (QED) is 0.316. The molecule has 2 aromatic carbocycles. The molecule has 0 bridgehead atoms. The van der Waals surface area contributed by atoms with Crippen molar-refractivity contribution in [1.29, 1.82) is 0 Å². The van der Waals surface area contributed by atoms with Gasteiger partial charge in [0.2, 0.25) is 0 Å². The van der Waals surface area contributed by atoms with Crippen molar-refractivity contribution in [1.82, 2.24) is 10.6 Å². The van der Waals surface area contributed by atoms with Crippen molar-refractivity contribution in [2.75, 3.05) is 40.5 Å². The molecule has 0 amide bonds. The van der Waals surface area contributed by atoms with Crippen LogP contribution in [0, 0.1) is 0 Å². The Hall–Kier alpha value is -1.80. The molecule has 31 heavy (non-hydrogen) atoms. The van der Waals surface area contributed by atoms with Gasteiger partial charge >= 0.3 is 0 Å². The van der Waals surface area contributed by atoms with E-state index in [-0.39, 0.29) is 34.8 Å². The van der Waals surface area contributed by atoms with Gasteiger partial charge in [0.1, 0.15) is 5.75 Å². The van der Waals surface area contributed by atoms with Gasteiger partial charge in [-0.25, -0.2) is 0 Å². The molecule has 1 aliphatic carbocycles. The number of aliphatic imine (C=N–C) groups is 1. The molecule has 0 radical (unpaired) electrons. The summed E-state index contributed by atoms with van der Waals surface area (Å²) in [5.41, 5.74) is 3.05. The maximum Gasteiger partial charge on any atom is 0.191 e. The summed E-state index contributed by atoms with van der Waals surface area (Å²) in [5, 5.41) is 7.20. The van der Waals surface area contributed by atoms with Gasteiger partial charge < -0.3 is 20.1 Å². The van der Waals surface area contributed by atoms with Crippen LogP contribution >= 0.6 is 24.0 Å². The third-order valence-electron chi connectivity index (χ3n) is 6.80. The zero-order valence-corrected chi connectivity index (χ0v) is 20.9. The van der Waals surface area contributed by atoms with Crippen LogP contribution in [0.2, 0.25) is 0 Å². The number of guanidine groups is 1. The van der Waals surface area contributed by atoms with Crippen molar-refractivity contribution < 1.29 is 9.47 Å². The Kier molecular flexibility index (Phi) is 8.22.